The highest BCUT2D eigenvalue weighted by Crippen LogP contribution is 2.14. The summed E-state index contributed by atoms with van der Waals surface area (Å²) < 4.78 is 9.88. The Kier molecular flexibility index (Phi) is 3.66. The smallest absolute Gasteiger partial charge is 0.428 e. The molecule has 0 aliphatic carbocycles. The Morgan fingerprint density at radius 3 is 2.19 bits per heavy atom. The van der Waals surface area contributed by atoms with Crippen molar-refractivity contribution < 1.29 is 19.1 Å². The number of rotatable bonds is 2. The predicted molar refractivity (Wildman–Crippen MR) is 58.7 cm³/mol. The minimum absolute atomic E-state index is 0.347. The van der Waals surface area contributed by atoms with E-state index >= 15 is 0 Å². The fourth-order valence-corrected chi connectivity index (χ4v) is 0.981. The van der Waals surface area contributed by atoms with Crippen LogP contribution in [0.2, 0.25) is 0 Å². The van der Waals surface area contributed by atoms with Gasteiger partial charge in [-0.15, -0.1) is 0 Å². The zero-order valence-electron chi connectivity index (χ0n) is 9.52. The quantitative estimate of drug-likeness (QED) is 0.438. The third kappa shape index (κ3) is 4.13. The first kappa shape index (κ1) is 12.2. The maximum atomic E-state index is 11.3. The third-order valence-electron chi connectivity index (χ3n) is 1.61. The van der Waals surface area contributed by atoms with E-state index < -0.39 is 11.8 Å². The molecule has 0 aliphatic heterocycles. The molecule has 1 rings (SSSR count). The maximum Gasteiger partial charge on any atom is 0.514 e. The van der Waals surface area contributed by atoms with E-state index in [4.69, 9.17) is 9.47 Å². The van der Waals surface area contributed by atoms with E-state index in [-0.39, 0.29) is 0 Å². The first-order valence-corrected chi connectivity index (χ1v) is 4.87. The van der Waals surface area contributed by atoms with Gasteiger partial charge in [0.25, 0.3) is 0 Å². The Balaban J connectivity index is 2.59. The third-order valence-corrected chi connectivity index (χ3v) is 1.61. The van der Waals surface area contributed by atoms with Crippen LogP contribution in [-0.2, 0) is 4.74 Å². The number of aldehydes is 1. The van der Waals surface area contributed by atoms with E-state index in [1.807, 2.05) is 0 Å². The summed E-state index contributed by atoms with van der Waals surface area (Å²) in [5, 5.41) is 0. The molecule has 86 valence electrons. The topological polar surface area (TPSA) is 52.6 Å². The highest BCUT2D eigenvalue weighted by atomic mass is 16.7. The summed E-state index contributed by atoms with van der Waals surface area (Å²) in [7, 11) is 0. The number of carbonyl (C=O) groups excluding carboxylic acids is 2. The summed E-state index contributed by atoms with van der Waals surface area (Å²) in [4.78, 5) is 21.7. The molecule has 16 heavy (non-hydrogen) atoms. The van der Waals surface area contributed by atoms with Crippen LogP contribution in [0.4, 0.5) is 4.79 Å². The second-order valence-electron chi connectivity index (χ2n) is 4.25. The molecular weight excluding hydrogens is 208 g/mol. The lowest BCUT2D eigenvalue weighted by molar-refractivity contribution is 0.0206. The number of carbonyl (C=O) groups is 2. The molecule has 1 aromatic rings. The summed E-state index contributed by atoms with van der Waals surface area (Å²) >= 11 is 0. The van der Waals surface area contributed by atoms with Gasteiger partial charge in [0.15, 0.2) is 0 Å². The van der Waals surface area contributed by atoms with Crippen LogP contribution in [0.25, 0.3) is 0 Å². The normalized spacial score (nSPS) is 10.7. The van der Waals surface area contributed by atoms with Crippen molar-refractivity contribution >= 4 is 12.4 Å². The molecule has 0 fully saturated rings. The van der Waals surface area contributed by atoms with Crippen molar-refractivity contribution in [2.75, 3.05) is 0 Å². The zero-order valence-corrected chi connectivity index (χ0v) is 9.52. The monoisotopic (exact) mass is 222 g/mol. The summed E-state index contributed by atoms with van der Waals surface area (Å²) in [5.41, 5.74) is -0.0589. The number of benzene rings is 1. The van der Waals surface area contributed by atoms with Gasteiger partial charge in [-0.2, -0.15) is 0 Å². The van der Waals surface area contributed by atoms with Gasteiger partial charge in [0.05, 0.1) is 0 Å². The molecule has 4 nitrogen and oxygen atoms in total. The van der Waals surface area contributed by atoms with Gasteiger partial charge in [-0.1, -0.05) is 0 Å². The Hall–Kier alpha value is -1.84. The molecule has 0 heterocycles. The molecule has 0 atom stereocenters. The fraction of sp³-hybridized carbons (Fsp3) is 0.333. The number of hydrogen-bond acceptors (Lipinski definition) is 4. The SMILES string of the molecule is CC(C)(C)OC(=O)Oc1ccc(C=O)cc1. The highest BCUT2D eigenvalue weighted by Gasteiger charge is 2.17. The van der Waals surface area contributed by atoms with Gasteiger partial charge in [0.2, 0.25) is 0 Å². The molecule has 0 spiro atoms. The van der Waals surface area contributed by atoms with Crippen LogP contribution >= 0.6 is 0 Å². The van der Waals surface area contributed by atoms with Gasteiger partial charge in [-0.05, 0) is 45.0 Å². The van der Waals surface area contributed by atoms with E-state index in [0.29, 0.717) is 11.3 Å². The predicted octanol–water partition coefficient (Wildman–Crippen LogP) is 2.81. The summed E-state index contributed by atoms with van der Waals surface area (Å²) in [6, 6.07) is 6.20. The molecule has 0 radical (unpaired) electrons. The van der Waals surface area contributed by atoms with Gasteiger partial charge in [0, 0.05) is 5.56 Å². The van der Waals surface area contributed by atoms with Crippen LogP contribution in [0.5, 0.6) is 5.75 Å². The molecule has 0 aliphatic rings. The number of hydrogen-bond donors (Lipinski definition) is 0. The second-order valence-corrected chi connectivity index (χ2v) is 4.25. The lowest BCUT2D eigenvalue weighted by atomic mass is 10.2. The zero-order chi connectivity index (χ0) is 12.2. The van der Waals surface area contributed by atoms with Crippen molar-refractivity contribution in [2.24, 2.45) is 0 Å². The van der Waals surface area contributed by atoms with Gasteiger partial charge in [0.1, 0.15) is 17.6 Å². The molecule has 0 unspecified atom stereocenters. The Morgan fingerprint density at radius 1 is 1.19 bits per heavy atom. The van der Waals surface area contributed by atoms with E-state index in [1.165, 1.54) is 12.1 Å². The van der Waals surface area contributed by atoms with Crippen molar-refractivity contribution in [3.05, 3.63) is 29.8 Å². The van der Waals surface area contributed by atoms with E-state index in [2.05, 4.69) is 0 Å². The average molecular weight is 222 g/mol. The van der Waals surface area contributed by atoms with Gasteiger partial charge < -0.3 is 9.47 Å². The van der Waals surface area contributed by atoms with Crippen LogP contribution < -0.4 is 4.74 Å². The molecule has 0 bridgehead atoms. The Labute approximate surface area is 94.2 Å². The van der Waals surface area contributed by atoms with E-state index in [0.717, 1.165) is 6.29 Å². The first-order valence-electron chi connectivity index (χ1n) is 4.87. The lowest BCUT2D eigenvalue weighted by Crippen LogP contribution is -2.25. The van der Waals surface area contributed by atoms with Crippen molar-refractivity contribution in [1.29, 1.82) is 0 Å². The second kappa shape index (κ2) is 4.79. The molecular formula is C12H14O4. The van der Waals surface area contributed by atoms with Crippen molar-refractivity contribution in [3.63, 3.8) is 0 Å². The molecule has 4 heteroatoms. The number of ether oxygens (including phenoxy) is 2. The average Bonchev–Trinajstić information content (AvgIpc) is 2.16. The standard InChI is InChI=1S/C12H14O4/c1-12(2,3)16-11(14)15-10-6-4-9(8-13)5-7-10/h4-8H,1-3H3. The molecule has 0 amide bonds. The summed E-state index contributed by atoms with van der Waals surface area (Å²) in [5.74, 6) is 0.347. The molecule has 1 aromatic carbocycles. The Bertz CT molecular complexity index is 373. The van der Waals surface area contributed by atoms with Crippen molar-refractivity contribution in [3.8, 4) is 5.75 Å². The van der Waals surface area contributed by atoms with Crippen LogP contribution in [-0.4, -0.2) is 18.0 Å². The highest BCUT2D eigenvalue weighted by molar-refractivity contribution is 5.75. The lowest BCUT2D eigenvalue weighted by Gasteiger charge is -2.18. The fourth-order valence-electron chi connectivity index (χ4n) is 0.981. The summed E-state index contributed by atoms with van der Waals surface area (Å²) in [6.45, 7) is 5.26. The summed E-state index contributed by atoms with van der Waals surface area (Å²) in [6.07, 6.45) is -0.0385. The van der Waals surface area contributed by atoms with Crippen LogP contribution in [0.1, 0.15) is 31.1 Å². The van der Waals surface area contributed by atoms with Gasteiger partial charge in [-0.3, -0.25) is 4.79 Å². The molecule has 0 aromatic heterocycles. The van der Waals surface area contributed by atoms with Crippen LogP contribution in [0.3, 0.4) is 0 Å². The van der Waals surface area contributed by atoms with Gasteiger partial charge >= 0.3 is 6.16 Å². The van der Waals surface area contributed by atoms with Crippen LogP contribution in [0.15, 0.2) is 24.3 Å². The van der Waals surface area contributed by atoms with E-state index in [9.17, 15) is 9.59 Å². The molecule has 0 saturated heterocycles. The minimum atomic E-state index is -0.758. The maximum absolute atomic E-state index is 11.3. The van der Waals surface area contributed by atoms with Crippen molar-refractivity contribution in [1.82, 2.24) is 0 Å². The van der Waals surface area contributed by atoms with E-state index in [1.54, 1.807) is 32.9 Å². The van der Waals surface area contributed by atoms with Gasteiger partial charge in [-0.25, -0.2) is 4.79 Å². The van der Waals surface area contributed by atoms with Crippen LogP contribution in [0, 0.1) is 0 Å². The Morgan fingerprint density at radius 2 is 1.75 bits per heavy atom. The first-order chi connectivity index (χ1) is 7.40. The van der Waals surface area contributed by atoms with Crippen molar-refractivity contribution in [2.45, 2.75) is 26.4 Å². The molecule has 0 N–H and O–H groups in total. The molecule has 0 saturated carbocycles. The minimum Gasteiger partial charge on any atom is -0.428 e. The largest absolute Gasteiger partial charge is 0.514 e.